The standard InChI is InChI=1S/C15H15BrN4O3/c1-9-3-2-4-10(5-9)14(22)18-8-13(21)19-20-15(23)12-6-11(16)7-17-12/h2-7,17H,8H2,1H3,(H,18,22)(H,19,21)(H,20,23). The van der Waals surface area contributed by atoms with Gasteiger partial charge in [-0.3, -0.25) is 25.2 Å². The smallest absolute Gasteiger partial charge is 0.286 e. The van der Waals surface area contributed by atoms with Gasteiger partial charge in [0.1, 0.15) is 5.69 Å². The number of halogens is 1. The van der Waals surface area contributed by atoms with Crippen molar-refractivity contribution in [2.75, 3.05) is 6.54 Å². The van der Waals surface area contributed by atoms with Gasteiger partial charge in [0.15, 0.2) is 0 Å². The summed E-state index contributed by atoms with van der Waals surface area (Å²) in [6.07, 6.45) is 1.60. The summed E-state index contributed by atoms with van der Waals surface area (Å²) in [6.45, 7) is 1.62. The fourth-order valence-electron chi connectivity index (χ4n) is 1.79. The van der Waals surface area contributed by atoms with Gasteiger partial charge in [-0.1, -0.05) is 17.7 Å². The van der Waals surface area contributed by atoms with E-state index in [0.717, 1.165) is 10.0 Å². The molecule has 7 nitrogen and oxygen atoms in total. The van der Waals surface area contributed by atoms with Gasteiger partial charge >= 0.3 is 0 Å². The Morgan fingerprint density at radius 3 is 2.57 bits per heavy atom. The van der Waals surface area contributed by atoms with Gasteiger partial charge in [-0.2, -0.15) is 0 Å². The summed E-state index contributed by atoms with van der Waals surface area (Å²) in [5.41, 5.74) is 6.18. The van der Waals surface area contributed by atoms with Gasteiger partial charge in [0.2, 0.25) is 0 Å². The summed E-state index contributed by atoms with van der Waals surface area (Å²) < 4.78 is 0.722. The molecule has 0 aliphatic rings. The Kier molecular flexibility index (Phi) is 5.53. The molecule has 1 aromatic carbocycles. The van der Waals surface area contributed by atoms with Crippen LogP contribution in [0, 0.1) is 6.92 Å². The summed E-state index contributed by atoms with van der Waals surface area (Å²) in [5, 5.41) is 2.48. The van der Waals surface area contributed by atoms with Crippen molar-refractivity contribution in [1.29, 1.82) is 0 Å². The average Bonchev–Trinajstić information content (AvgIpc) is 2.96. The lowest BCUT2D eigenvalue weighted by molar-refractivity contribution is -0.120. The van der Waals surface area contributed by atoms with Crippen LogP contribution in [0.4, 0.5) is 0 Å². The fourth-order valence-corrected chi connectivity index (χ4v) is 2.13. The van der Waals surface area contributed by atoms with Crippen LogP contribution < -0.4 is 16.2 Å². The van der Waals surface area contributed by atoms with Gasteiger partial charge in [0.25, 0.3) is 17.7 Å². The van der Waals surface area contributed by atoms with E-state index in [0.29, 0.717) is 11.3 Å². The van der Waals surface area contributed by atoms with Crippen molar-refractivity contribution < 1.29 is 14.4 Å². The molecule has 0 aliphatic heterocycles. The Morgan fingerprint density at radius 1 is 1.13 bits per heavy atom. The highest BCUT2D eigenvalue weighted by Gasteiger charge is 2.11. The maximum Gasteiger partial charge on any atom is 0.286 e. The number of amides is 3. The van der Waals surface area contributed by atoms with Crippen LogP contribution in [0.3, 0.4) is 0 Å². The lowest BCUT2D eigenvalue weighted by Crippen LogP contribution is -2.46. The largest absolute Gasteiger partial charge is 0.356 e. The van der Waals surface area contributed by atoms with Gasteiger partial charge in [0.05, 0.1) is 6.54 Å². The molecule has 0 saturated heterocycles. The van der Waals surface area contributed by atoms with Crippen LogP contribution in [0.5, 0.6) is 0 Å². The van der Waals surface area contributed by atoms with E-state index in [1.807, 2.05) is 13.0 Å². The maximum absolute atomic E-state index is 11.9. The van der Waals surface area contributed by atoms with Gasteiger partial charge in [-0.05, 0) is 41.1 Å². The third kappa shape index (κ3) is 4.96. The molecule has 0 atom stereocenters. The number of benzene rings is 1. The van der Waals surface area contributed by atoms with Crippen LogP contribution in [0.25, 0.3) is 0 Å². The Balaban J connectivity index is 1.77. The molecule has 1 aromatic heterocycles. The normalized spacial score (nSPS) is 10.0. The maximum atomic E-state index is 11.9. The van der Waals surface area contributed by atoms with Crippen molar-refractivity contribution in [1.82, 2.24) is 21.2 Å². The Hall–Kier alpha value is -2.61. The Bertz CT molecular complexity index is 742. The number of H-pyrrole nitrogens is 1. The van der Waals surface area contributed by atoms with E-state index in [-0.39, 0.29) is 12.5 Å². The summed E-state index contributed by atoms with van der Waals surface area (Å²) in [6, 6.07) is 8.58. The molecule has 0 radical (unpaired) electrons. The number of carbonyl (C=O) groups is 3. The molecule has 2 rings (SSSR count). The number of aryl methyl sites for hydroxylation is 1. The zero-order valence-corrected chi connectivity index (χ0v) is 13.9. The first-order chi connectivity index (χ1) is 11.0. The van der Waals surface area contributed by atoms with Crippen LogP contribution in [-0.4, -0.2) is 29.3 Å². The van der Waals surface area contributed by atoms with Gasteiger partial charge < -0.3 is 10.3 Å². The lowest BCUT2D eigenvalue weighted by atomic mass is 10.1. The van der Waals surface area contributed by atoms with Crippen LogP contribution in [0.15, 0.2) is 41.0 Å². The van der Waals surface area contributed by atoms with Crippen molar-refractivity contribution in [3.05, 3.63) is 57.8 Å². The average molecular weight is 379 g/mol. The molecule has 0 saturated carbocycles. The molecule has 0 unspecified atom stereocenters. The lowest BCUT2D eigenvalue weighted by Gasteiger charge is -2.08. The molecule has 2 aromatic rings. The summed E-state index contributed by atoms with van der Waals surface area (Å²) in [4.78, 5) is 37.9. The Morgan fingerprint density at radius 2 is 1.91 bits per heavy atom. The first-order valence-corrected chi connectivity index (χ1v) is 7.53. The molecule has 0 bridgehead atoms. The minimum Gasteiger partial charge on any atom is -0.356 e. The van der Waals surface area contributed by atoms with E-state index in [2.05, 4.69) is 37.1 Å². The van der Waals surface area contributed by atoms with Crippen LogP contribution >= 0.6 is 15.9 Å². The predicted octanol–water partition coefficient (Wildman–Crippen LogP) is 1.28. The van der Waals surface area contributed by atoms with Gasteiger partial charge in [0, 0.05) is 16.2 Å². The van der Waals surface area contributed by atoms with E-state index < -0.39 is 11.8 Å². The van der Waals surface area contributed by atoms with E-state index >= 15 is 0 Å². The molecular formula is C15H15BrN4O3. The molecule has 0 fully saturated rings. The van der Waals surface area contributed by atoms with Crippen molar-refractivity contribution in [2.45, 2.75) is 6.92 Å². The van der Waals surface area contributed by atoms with Crippen LogP contribution in [-0.2, 0) is 4.79 Å². The summed E-state index contributed by atoms with van der Waals surface area (Å²) in [5.74, 6) is -1.39. The topological polar surface area (TPSA) is 103 Å². The number of aromatic nitrogens is 1. The van der Waals surface area contributed by atoms with Crippen molar-refractivity contribution >= 4 is 33.7 Å². The number of hydrazine groups is 1. The minimum absolute atomic E-state index is 0.249. The van der Waals surface area contributed by atoms with E-state index in [9.17, 15) is 14.4 Å². The van der Waals surface area contributed by atoms with Crippen molar-refractivity contribution in [2.24, 2.45) is 0 Å². The predicted molar refractivity (Wildman–Crippen MR) is 87.6 cm³/mol. The molecule has 0 aliphatic carbocycles. The number of rotatable bonds is 4. The molecular weight excluding hydrogens is 364 g/mol. The molecule has 0 spiro atoms. The first kappa shape index (κ1) is 16.8. The van der Waals surface area contributed by atoms with E-state index in [1.165, 1.54) is 0 Å². The highest BCUT2D eigenvalue weighted by atomic mass is 79.9. The number of nitrogens with one attached hydrogen (secondary N) is 4. The van der Waals surface area contributed by atoms with Crippen LogP contribution in [0.2, 0.25) is 0 Å². The molecule has 3 amide bonds. The number of hydrogen-bond donors (Lipinski definition) is 4. The second-order valence-corrected chi connectivity index (χ2v) is 5.70. The monoisotopic (exact) mass is 378 g/mol. The quantitative estimate of drug-likeness (QED) is 0.602. The fraction of sp³-hybridized carbons (Fsp3) is 0.133. The second-order valence-electron chi connectivity index (χ2n) is 4.79. The second kappa shape index (κ2) is 7.59. The van der Waals surface area contributed by atoms with Crippen molar-refractivity contribution in [3.63, 3.8) is 0 Å². The molecule has 4 N–H and O–H groups in total. The molecule has 23 heavy (non-hydrogen) atoms. The molecule has 8 heteroatoms. The third-order valence-electron chi connectivity index (χ3n) is 2.90. The summed E-state index contributed by atoms with van der Waals surface area (Å²) in [7, 11) is 0. The van der Waals surface area contributed by atoms with E-state index in [4.69, 9.17) is 0 Å². The molecule has 1 heterocycles. The Labute approximate surface area is 140 Å². The number of aromatic amines is 1. The third-order valence-corrected chi connectivity index (χ3v) is 3.36. The highest BCUT2D eigenvalue weighted by molar-refractivity contribution is 9.10. The minimum atomic E-state index is -0.537. The van der Waals surface area contributed by atoms with Gasteiger partial charge in [-0.25, -0.2) is 0 Å². The first-order valence-electron chi connectivity index (χ1n) is 6.73. The molecule has 120 valence electrons. The van der Waals surface area contributed by atoms with E-state index in [1.54, 1.807) is 30.5 Å². The van der Waals surface area contributed by atoms with Crippen molar-refractivity contribution in [3.8, 4) is 0 Å². The zero-order chi connectivity index (χ0) is 16.8. The van der Waals surface area contributed by atoms with Gasteiger partial charge in [-0.15, -0.1) is 0 Å². The SMILES string of the molecule is Cc1cccc(C(=O)NCC(=O)NNC(=O)c2cc(Br)c[nH]2)c1. The van der Waals surface area contributed by atoms with Crippen LogP contribution in [0.1, 0.15) is 26.4 Å². The zero-order valence-electron chi connectivity index (χ0n) is 12.3. The summed E-state index contributed by atoms with van der Waals surface area (Å²) >= 11 is 3.20. The highest BCUT2D eigenvalue weighted by Crippen LogP contribution is 2.09. The number of hydrogen-bond acceptors (Lipinski definition) is 3. The number of carbonyl (C=O) groups excluding carboxylic acids is 3.